The molecule has 10 heteroatoms. The molecule has 0 bridgehead atoms. The minimum atomic E-state index is -0.250. The summed E-state index contributed by atoms with van der Waals surface area (Å²) in [5.74, 6) is 3.12. The zero-order chi connectivity index (χ0) is 26.7. The van der Waals surface area contributed by atoms with Gasteiger partial charge in [0.25, 0.3) is 6.47 Å². The van der Waals surface area contributed by atoms with Crippen LogP contribution in [0.5, 0.6) is 5.75 Å². The highest BCUT2D eigenvalue weighted by Gasteiger charge is 2.30. The number of ether oxygens (including phenoxy) is 1. The lowest BCUT2D eigenvalue weighted by Gasteiger charge is -2.30. The molecule has 3 heterocycles. The average molecular weight is 528 g/mol. The summed E-state index contributed by atoms with van der Waals surface area (Å²) < 4.78 is 10.7. The lowest BCUT2D eigenvalue weighted by Crippen LogP contribution is -2.42. The lowest BCUT2D eigenvalue weighted by molar-refractivity contribution is -0.126. The maximum atomic E-state index is 12.8. The van der Waals surface area contributed by atoms with Crippen molar-refractivity contribution in [1.82, 2.24) is 20.4 Å². The molecule has 3 aliphatic rings. The standard InChI is InChI=1S/C27H39N5O3.CH2O2/c1-34-24-9-7-22(8-10-24)25-29-27(35-30-25)32-15-12-23(13-16-32)26(33)28-17-21-11-14-31(19-21)18-20-5-3-2-4-6-20;2-1-3/h7-10,20-21,23H,2-6,11-19H2,1H3,(H,28,33);1H,(H,2,3). The van der Waals surface area contributed by atoms with Gasteiger partial charge in [-0.15, -0.1) is 0 Å². The van der Waals surface area contributed by atoms with Crippen molar-refractivity contribution in [2.24, 2.45) is 17.8 Å². The molecule has 3 fully saturated rings. The van der Waals surface area contributed by atoms with Crippen molar-refractivity contribution < 1.29 is 24.0 Å². The second kappa shape index (κ2) is 14.1. The Morgan fingerprint density at radius 2 is 1.79 bits per heavy atom. The van der Waals surface area contributed by atoms with E-state index in [-0.39, 0.29) is 18.3 Å². The Morgan fingerprint density at radius 1 is 1.08 bits per heavy atom. The number of piperidine rings is 1. The molecule has 1 atom stereocenters. The average Bonchev–Trinajstić information content (AvgIpc) is 3.63. The van der Waals surface area contributed by atoms with Crippen LogP contribution in [0.15, 0.2) is 28.8 Å². The molecule has 208 valence electrons. The molecule has 1 saturated carbocycles. The maximum absolute atomic E-state index is 12.8. The number of aromatic nitrogens is 2. The first-order chi connectivity index (χ1) is 18.6. The third-order valence-corrected chi connectivity index (χ3v) is 8.08. The van der Waals surface area contributed by atoms with Gasteiger partial charge in [-0.25, -0.2) is 0 Å². The highest BCUT2D eigenvalue weighted by atomic mass is 16.5. The van der Waals surface area contributed by atoms with E-state index in [1.807, 2.05) is 24.3 Å². The van der Waals surface area contributed by atoms with Crippen molar-refractivity contribution in [3.8, 4) is 17.1 Å². The van der Waals surface area contributed by atoms with Crippen molar-refractivity contribution in [3.63, 3.8) is 0 Å². The molecule has 1 unspecified atom stereocenters. The van der Waals surface area contributed by atoms with Crippen LogP contribution in [-0.2, 0) is 9.59 Å². The molecule has 2 saturated heterocycles. The summed E-state index contributed by atoms with van der Waals surface area (Å²) in [5.41, 5.74) is 0.888. The second-order valence-corrected chi connectivity index (χ2v) is 10.7. The van der Waals surface area contributed by atoms with E-state index < -0.39 is 0 Å². The van der Waals surface area contributed by atoms with Crippen LogP contribution in [0.3, 0.4) is 0 Å². The smallest absolute Gasteiger partial charge is 0.324 e. The lowest BCUT2D eigenvalue weighted by atomic mass is 9.89. The number of carbonyl (C=O) groups is 2. The number of likely N-dealkylation sites (tertiary alicyclic amines) is 1. The Balaban J connectivity index is 0.00000107. The number of benzene rings is 1. The van der Waals surface area contributed by atoms with Gasteiger partial charge in [0, 0.05) is 44.2 Å². The van der Waals surface area contributed by atoms with Crippen LogP contribution in [0.25, 0.3) is 11.4 Å². The third kappa shape index (κ3) is 7.69. The van der Waals surface area contributed by atoms with Crippen LogP contribution in [0.1, 0.15) is 51.4 Å². The molecule has 0 radical (unpaired) electrons. The van der Waals surface area contributed by atoms with E-state index in [1.54, 1.807) is 7.11 Å². The molecule has 2 N–H and O–H groups in total. The molecule has 38 heavy (non-hydrogen) atoms. The number of nitrogens with zero attached hydrogens (tertiary/aromatic N) is 4. The van der Waals surface area contributed by atoms with Gasteiger partial charge in [-0.1, -0.05) is 24.4 Å². The van der Waals surface area contributed by atoms with Crippen LogP contribution < -0.4 is 15.0 Å². The van der Waals surface area contributed by atoms with Gasteiger partial charge in [-0.2, -0.15) is 4.98 Å². The third-order valence-electron chi connectivity index (χ3n) is 8.08. The zero-order valence-corrected chi connectivity index (χ0v) is 22.4. The molecule has 1 aliphatic carbocycles. The molecule has 1 aromatic carbocycles. The molecule has 2 aliphatic heterocycles. The summed E-state index contributed by atoms with van der Waals surface area (Å²) >= 11 is 0. The Morgan fingerprint density at radius 3 is 2.47 bits per heavy atom. The number of amides is 1. The highest BCUT2D eigenvalue weighted by Crippen LogP contribution is 2.28. The van der Waals surface area contributed by atoms with E-state index in [4.69, 9.17) is 19.2 Å². The zero-order valence-electron chi connectivity index (χ0n) is 22.4. The van der Waals surface area contributed by atoms with Gasteiger partial charge >= 0.3 is 6.01 Å². The van der Waals surface area contributed by atoms with E-state index >= 15 is 0 Å². The Labute approximate surface area is 224 Å². The number of hydrogen-bond acceptors (Lipinski definition) is 8. The Kier molecular flexibility index (Phi) is 10.4. The summed E-state index contributed by atoms with van der Waals surface area (Å²) in [7, 11) is 1.65. The first-order valence-corrected chi connectivity index (χ1v) is 13.9. The molecule has 1 aromatic heterocycles. The Hall–Kier alpha value is -3.14. The van der Waals surface area contributed by atoms with E-state index in [0.29, 0.717) is 17.8 Å². The predicted molar refractivity (Wildman–Crippen MR) is 144 cm³/mol. The molecule has 5 rings (SSSR count). The fraction of sp³-hybridized carbons (Fsp3) is 0.643. The molecule has 2 aromatic rings. The van der Waals surface area contributed by atoms with Crippen molar-refractivity contribution in [2.75, 3.05) is 51.3 Å². The van der Waals surface area contributed by atoms with Gasteiger partial charge in [0.2, 0.25) is 11.7 Å². The summed E-state index contributed by atoms with van der Waals surface area (Å²) in [6, 6.07) is 8.14. The molecular formula is C28H41N5O5. The van der Waals surface area contributed by atoms with Gasteiger partial charge in [0.15, 0.2) is 0 Å². The molecular weight excluding hydrogens is 486 g/mol. The van der Waals surface area contributed by atoms with Crippen LogP contribution in [0.2, 0.25) is 0 Å². The first kappa shape index (κ1) is 27.9. The SMILES string of the molecule is COc1ccc(-c2noc(N3CCC(C(=O)NCC4CCN(CC5CCCCC5)C4)CC3)n2)cc1.O=CO. The fourth-order valence-electron chi connectivity index (χ4n) is 5.90. The van der Waals surface area contributed by atoms with E-state index in [2.05, 4.69) is 25.3 Å². The number of methoxy groups -OCH3 is 1. The van der Waals surface area contributed by atoms with Gasteiger partial charge < -0.3 is 29.5 Å². The topological polar surface area (TPSA) is 121 Å². The van der Waals surface area contributed by atoms with Crippen molar-refractivity contribution in [1.29, 1.82) is 0 Å². The quantitative estimate of drug-likeness (QED) is 0.495. The predicted octanol–water partition coefficient (Wildman–Crippen LogP) is 3.68. The van der Waals surface area contributed by atoms with Gasteiger partial charge in [0.1, 0.15) is 5.75 Å². The summed E-state index contributed by atoms with van der Waals surface area (Å²) in [4.78, 5) is 30.5. The molecule has 1 amide bonds. The number of carbonyl (C=O) groups excluding carboxylic acids is 1. The van der Waals surface area contributed by atoms with E-state index in [0.717, 1.165) is 56.3 Å². The van der Waals surface area contributed by atoms with Crippen molar-refractivity contribution in [2.45, 2.75) is 51.4 Å². The largest absolute Gasteiger partial charge is 0.497 e. The Bertz CT molecular complexity index is 999. The summed E-state index contributed by atoms with van der Waals surface area (Å²) in [6.45, 7) is 5.66. The van der Waals surface area contributed by atoms with Crippen LogP contribution in [-0.4, -0.2) is 78.9 Å². The van der Waals surface area contributed by atoms with E-state index in [1.165, 1.54) is 51.6 Å². The minimum absolute atomic E-state index is 0.0648. The van der Waals surface area contributed by atoms with Crippen LogP contribution in [0, 0.1) is 17.8 Å². The number of anilines is 1. The number of hydrogen-bond donors (Lipinski definition) is 2. The number of nitrogens with one attached hydrogen (secondary N) is 1. The maximum Gasteiger partial charge on any atom is 0.324 e. The minimum Gasteiger partial charge on any atom is -0.497 e. The highest BCUT2D eigenvalue weighted by molar-refractivity contribution is 5.79. The molecule has 10 nitrogen and oxygen atoms in total. The second-order valence-electron chi connectivity index (χ2n) is 10.7. The number of rotatable bonds is 8. The van der Waals surface area contributed by atoms with Gasteiger partial charge in [-0.05, 0) is 74.8 Å². The van der Waals surface area contributed by atoms with Gasteiger partial charge in [-0.3, -0.25) is 9.59 Å². The van der Waals surface area contributed by atoms with E-state index in [9.17, 15) is 4.79 Å². The van der Waals surface area contributed by atoms with Crippen molar-refractivity contribution in [3.05, 3.63) is 24.3 Å². The van der Waals surface area contributed by atoms with Crippen LogP contribution in [0.4, 0.5) is 6.01 Å². The normalized spacial score (nSPS) is 21.0. The monoisotopic (exact) mass is 527 g/mol. The van der Waals surface area contributed by atoms with Gasteiger partial charge in [0.05, 0.1) is 7.11 Å². The summed E-state index contributed by atoms with van der Waals surface area (Å²) in [5, 5.41) is 14.3. The van der Waals surface area contributed by atoms with Crippen molar-refractivity contribution >= 4 is 18.4 Å². The number of carboxylic acid groups (broad SMARTS) is 1. The van der Waals surface area contributed by atoms with Crippen LogP contribution >= 0.6 is 0 Å². The summed E-state index contributed by atoms with van der Waals surface area (Å²) in [6.07, 6.45) is 9.88. The first-order valence-electron chi connectivity index (χ1n) is 13.9. The molecule has 0 spiro atoms. The fourth-order valence-corrected chi connectivity index (χ4v) is 5.90.